The summed E-state index contributed by atoms with van der Waals surface area (Å²) in [5, 5.41) is 4.11. The predicted molar refractivity (Wildman–Crippen MR) is 84.5 cm³/mol. The Morgan fingerprint density at radius 2 is 2.15 bits per heavy atom. The van der Waals surface area contributed by atoms with Crippen LogP contribution in [0.15, 0.2) is 18.2 Å². The number of anilines is 1. The summed E-state index contributed by atoms with van der Waals surface area (Å²) in [6.45, 7) is 2.18. The largest absolute Gasteiger partial charge is 0.381 e. The molecule has 0 aliphatic heterocycles. The summed E-state index contributed by atoms with van der Waals surface area (Å²) in [5.41, 5.74) is 1.52. The zero-order valence-corrected chi connectivity index (χ0v) is 13.2. The third-order valence-electron chi connectivity index (χ3n) is 3.93. The summed E-state index contributed by atoms with van der Waals surface area (Å²) in [5.74, 6) is 0.847. The number of hydrogen-bond acceptors (Lipinski definition) is 2. The topological polar surface area (TPSA) is 32.3 Å². The molecule has 0 aromatic heterocycles. The number of nitrogens with zero attached hydrogens (tertiary/aromatic N) is 1. The Bertz CT molecular complexity index is 483. The van der Waals surface area contributed by atoms with E-state index >= 15 is 0 Å². The van der Waals surface area contributed by atoms with Gasteiger partial charge in [-0.2, -0.15) is 0 Å². The van der Waals surface area contributed by atoms with E-state index in [9.17, 15) is 4.79 Å². The van der Waals surface area contributed by atoms with Gasteiger partial charge in [-0.1, -0.05) is 30.9 Å². The minimum absolute atomic E-state index is 0.00337. The highest BCUT2D eigenvalue weighted by Crippen LogP contribution is 2.32. The minimum atomic E-state index is -0.00337. The van der Waals surface area contributed by atoms with Crippen LogP contribution in [-0.4, -0.2) is 30.9 Å². The molecule has 1 atom stereocenters. The quantitative estimate of drug-likeness (QED) is 0.889. The van der Waals surface area contributed by atoms with Crippen molar-refractivity contribution in [1.82, 2.24) is 4.90 Å². The van der Waals surface area contributed by atoms with Gasteiger partial charge in [-0.25, -0.2) is 0 Å². The van der Waals surface area contributed by atoms with E-state index in [1.807, 2.05) is 6.07 Å². The van der Waals surface area contributed by atoms with Crippen LogP contribution in [0.4, 0.5) is 5.69 Å². The fraction of sp³-hybridized carbons (Fsp3) is 0.562. The maximum Gasteiger partial charge on any atom is 0.253 e. The lowest BCUT2D eigenvalue weighted by Gasteiger charge is -2.29. The van der Waals surface area contributed by atoms with Crippen molar-refractivity contribution in [2.24, 2.45) is 5.92 Å². The van der Waals surface area contributed by atoms with Crippen molar-refractivity contribution in [3.8, 4) is 0 Å². The van der Waals surface area contributed by atoms with Crippen LogP contribution in [0, 0.1) is 5.92 Å². The molecular formula is C16H23ClN2O. The fourth-order valence-electron chi connectivity index (χ4n) is 2.58. The van der Waals surface area contributed by atoms with Gasteiger partial charge in [-0.3, -0.25) is 4.79 Å². The van der Waals surface area contributed by atoms with E-state index in [1.165, 1.54) is 25.7 Å². The number of carbonyl (C=O) groups is 1. The van der Waals surface area contributed by atoms with Gasteiger partial charge < -0.3 is 10.2 Å². The normalized spacial score (nSPS) is 16.4. The first-order valence-corrected chi connectivity index (χ1v) is 7.63. The van der Waals surface area contributed by atoms with Crippen molar-refractivity contribution in [3.63, 3.8) is 0 Å². The van der Waals surface area contributed by atoms with Crippen LogP contribution >= 0.6 is 11.6 Å². The summed E-state index contributed by atoms with van der Waals surface area (Å²) >= 11 is 6.22. The molecule has 3 nitrogen and oxygen atoms in total. The van der Waals surface area contributed by atoms with E-state index in [2.05, 4.69) is 12.2 Å². The van der Waals surface area contributed by atoms with Gasteiger partial charge in [-0.05, 0) is 37.5 Å². The molecule has 1 unspecified atom stereocenters. The smallest absolute Gasteiger partial charge is 0.253 e. The first-order chi connectivity index (χ1) is 9.47. The highest BCUT2D eigenvalue weighted by atomic mass is 35.5. The first-order valence-electron chi connectivity index (χ1n) is 7.25. The molecule has 1 aromatic carbocycles. The maximum absolute atomic E-state index is 12.0. The molecule has 20 heavy (non-hydrogen) atoms. The Hall–Kier alpha value is -1.22. The van der Waals surface area contributed by atoms with Gasteiger partial charge >= 0.3 is 0 Å². The monoisotopic (exact) mass is 294 g/mol. The second-order valence-electron chi connectivity index (χ2n) is 5.97. The second-order valence-corrected chi connectivity index (χ2v) is 6.38. The summed E-state index contributed by atoms with van der Waals surface area (Å²) in [6, 6.07) is 5.79. The van der Waals surface area contributed by atoms with E-state index in [4.69, 9.17) is 11.6 Å². The molecule has 0 saturated heterocycles. The Balaban J connectivity index is 2.05. The first kappa shape index (κ1) is 15.2. The Kier molecular flexibility index (Phi) is 4.92. The van der Waals surface area contributed by atoms with Crippen LogP contribution in [0.25, 0.3) is 0 Å². The fourth-order valence-corrected chi connectivity index (χ4v) is 2.75. The van der Waals surface area contributed by atoms with Crippen molar-refractivity contribution in [2.45, 2.75) is 38.6 Å². The molecule has 1 N–H and O–H groups in total. The molecule has 1 aliphatic rings. The molecule has 2 rings (SSSR count). The molecule has 0 bridgehead atoms. The van der Waals surface area contributed by atoms with E-state index < -0.39 is 0 Å². The maximum atomic E-state index is 12.0. The number of amides is 1. The van der Waals surface area contributed by atoms with Gasteiger partial charge in [0, 0.05) is 25.7 Å². The van der Waals surface area contributed by atoms with E-state index in [-0.39, 0.29) is 5.91 Å². The van der Waals surface area contributed by atoms with Crippen molar-refractivity contribution in [2.75, 3.05) is 19.4 Å². The van der Waals surface area contributed by atoms with Crippen LogP contribution in [0.3, 0.4) is 0 Å². The van der Waals surface area contributed by atoms with Gasteiger partial charge in [0.1, 0.15) is 0 Å². The lowest BCUT2D eigenvalue weighted by molar-refractivity contribution is 0.0827. The standard InChI is InChI=1S/C16H23ClN2O/c1-11(9-12-5-4-6-12)18-15-10-13(7-8-14(15)17)16(20)19(2)3/h7-8,10-12,18H,4-6,9H2,1-3H3. The van der Waals surface area contributed by atoms with Gasteiger partial charge in [0.05, 0.1) is 10.7 Å². The number of rotatable bonds is 5. The number of nitrogens with one attached hydrogen (secondary N) is 1. The van der Waals surface area contributed by atoms with Crippen LogP contribution < -0.4 is 5.32 Å². The molecule has 1 aliphatic carbocycles. The van der Waals surface area contributed by atoms with Crippen LogP contribution in [0.1, 0.15) is 43.0 Å². The molecule has 0 radical (unpaired) electrons. The van der Waals surface area contributed by atoms with Crippen LogP contribution in [-0.2, 0) is 0 Å². The lowest BCUT2D eigenvalue weighted by atomic mass is 9.81. The zero-order valence-electron chi connectivity index (χ0n) is 12.4. The molecule has 1 amide bonds. The summed E-state index contributed by atoms with van der Waals surface area (Å²) in [7, 11) is 3.51. The van der Waals surface area contributed by atoms with E-state index in [1.54, 1.807) is 31.1 Å². The van der Waals surface area contributed by atoms with Crippen molar-refractivity contribution < 1.29 is 4.79 Å². The number of halogens is 1. The molecule has 4 heteroatoms. The van der Waals surface area contributed by atoms with Crippen molar-refractivity contribution in [1.29, 1.82) is 0 Å². The van der Waals surface area contributed by atoms with Gasteiger partial charge in [0.15, 0.2) is 0 Å². The van der Waals surface area contributed by atoms with Crippen molar-refractivity contribution >= 4 is 23.2 Å². The second kappa shape index (κ2) is 6.49. The van der Waals surface area contributed by atoms with E-state index in [0.717, 1.165) is 11.6 Å². The van der Waals surface area contributed by atoms with E-state index in [0.29, 0.717) is 16.6 Å². The van der Waals surface area contributed by atoms with Gasteiger partial charge in [0.25, 0.3) is 5.91 Å². The lowest BCUT2D eigenvalue weighted by Crippen LogP contribution is -2.24. The molecule has 110 valence electrons. The van der Waals surface area contributed by atoms with Gasteiger partial charge in [-0.15, -0.1) is 0 Å². The average molecular weight is 295 g/mol. The Morgan fingerprint density at radius 1 is 1.45 bits per heavy atom. The molecule has 1 aromatic rings. The number of benzene rings is 1. The molecule has 0 spiro atoms. The SMILES string of the molecule is CC(CC1CCC1)Nc1cc(C(=O)N(C)C)ccc1Cl. The third kappa shape index (κ3) is 3.66. The number of hydrogen-bond donors (Lipinski definition) is 1. The molecular weight excluding hydrogens is 272 g/mol. The Labute approximate surface area is 126 Å². The molecule has 0 heterocycles. The van der Waals surface area contributed by atoms with Crippen LogP contribution in [0.2, 0.25) is 5.02 Å². The Morgan fingerprint density at radius 3 is 2.70 bits per heavy atom. The molecule has 1 fully saturated rings. The summed E-state index contributed by atoms with van der Waals surface area (Å²) in [4.78, 5) is 13.6. The van der Waals surface area contributed by atoms with Crippen LogP contribution in [0.5, 0.6) is 0 Å². The minimum Gasteiger partial charge on any atom is -0.381 e. The zero-order chi connectivity index (χ0) is 14.7. The predicted octanol–water partition coefficient (Wildman–Crippen LogP) is 4.03. The third-order valence-corrected chi connectivity index (χ3v) is 4.26. The highest BCUT2D eigenvalue weighted by molar-refractivity contribution is 6.33. The van der Waals surface area contributed by atoms with Crippen molar-refractivity contribution in [3.05, 3.63) is 28.8 Å². The van der Waals surface area contributed by atoms with Gasteiger partial charge in [0.2, 0.25) is 0 Å². The summed E-state index contributed by atoms with van der Waals surface area (Å²) in [6.07, 6.45) is 5.23. The average Bonchev–Trinajstić information content (AvgIpc) is 2.35. The summed E-state index contributed by atoms with van der Waals surface area (Å²) < 4.78 is 0. The molecule has 1 saturated carbocycles. The number of carbonyl (C=O) groups excluding carboxylic acids is 1. The highest BCUT2D eigenvalue weighted by Gasteiger charge is 2.20.